The van der Waals surface area contributed by atoms with Crippen LogP contribution in [0.15, 0.2) is 29.2 Å². The van der Waals surface area contributed by atoms with Gasteiger partial charge in [-0.25, -0.2) is 13.3 Å². The number of hydrogen-bond donors (Lipinski definition) is 0. The van der Waals surface area contributed by atoms with Crippen molar-refractivity contribution in [2.24, 2.45) is 11.8 Å². The average Bonchev–Trinajstić information content (AvgIpc) is 3.74. The molecule has 0 spiro atoms. The van der Waals surface area contributed by atoms with Crippen LogP contribution in [0.5, 0.6) is 0 Å². The van der Waals surface area contributed by atoms with Crippen molar-refractivity contribution in [3.05, 3.63) is 29.3 Å². The Morgan fingerprint density at radius 3 is 2.44 bits per heavy atom. The number of morpholine rings is 1. The third kappa shape index (κ3) is 4.59. The molecular formula is C24H33ClN2O4S. The van der Waals surface area contributed by atoms with Gasteiger partial charge in [-0.05, 0) is 74.6 Å². The molecule has 2 aliphatic heterocycles. The predicted molar refractivity (Wildman–Crippen MR) is 124 cm³/mol. The molecule has 8 heteroatoms. The molecule has 2 heterocycles. The van der Waals surface area contributed by atoms with Gasteiger partial charge >= 0.3 is 6.09 Å². The van der Waals surface area contributed by atoms with E-state index in [0.29, 0.717) is 30.1 Å². The maximum Gasteiger partial charge on any atom is 0.410 e. The summed E-state index contributed by atoms with van der Waals surface area (Å²) < 4.78 is 28.1. The molecule has 2 aliphatic carbocycles. The number of ether oxygens (including phenoxy) is 2. The highest BCUT2D eigenvalue weighted by atomic mass is 35.5. The summed E-state index contributed by atoms with van der Waals surface area (Å²) in [5.74, 6) is 1.20. The number of rotatable bonds is 6. The van der Waals surface area contributed by atoms with Crippen LogP contribution in [-0.4, -0.2) is 63.5 Å². The topological polar surface area (TPSA) is 59.1 Å². The quantitative estimate of drug-likeness (QED) is 0.595. The second-order valence-electron chi connectivity index (χ2n) is 9.79. The van der Waals surface area contributed by atoms with Crippen molar-refractivity contribution in [2.45, 2.75) is 74.4 Å². The number of nitrogens with zero attached hydrogens (tertiary/aromatic N) is 2. The molecule has 3 unspecified atom stereocenters. The van der Waals surface area contributed by atoms with Gasteiger partial charge in [-0.15, -0.1) is 0 Å². The van der Waals surface area contributed by atoms with E-state index in [0.717, 1.165) is 56.5 Å². The number of carbonyl (C=O) groups is 1. The Bertz CT molecular complexity index is 850. The van der Waals surface area contributed by atoms with Crippen molar-refractivity contribution in [1.29, 1.82) is 0 Å². The molecule has 0 N–H and O–H groups in total. The molecule has 0 bridgehead atoms. The Kier molecular flexibility index (Phi) is 6.54. The number of carbonyl (C=O) groups excluding carboxylic acids is 1. The van der Waals surface area contributed by atoms with E-state index >= 15 is 0 Å². The van der Waals surface area contributed by atoms with Gasteiger partial charge in [0.1, 0.15) is 16.6 Å². The SMILES string of the molecule is CCC1CCN(C(=O)OC2(C3COCC(C4CC4)N3S(=O)c3ccc(Cl)cc3)CC2)CC1. The molecule has 2 saturated heterocycles. The summed E-state index contributed by atoms with van der Waals surface area (Å²) in [5.41, 5.74) is -0.603. The largest absolute Gasteiger partial charge is 0.441 e. The van der Waals surface area contributed by atoms with Crippen molar-refractivity contribution in [1.82, 2.24) is 9.21 Å². The monoisotopic (exact) mass is 480 g/mol. The number of benzene rings is 1. The van der Waals surface area contributed by atoms with Crippen LogP contribution in [-0.2, 0) is 20.5 Å². The molecule has 0 aromatic heterocycles. The summed E-state index contributed by atoms with van der Waals surface area (Å²) in [6.45, 7) is 4.76. The highest BCUT2D eigenvalue weighted by Crippen LogP contribution is 2.50. The number of hydrogen-bond acceptors (Lipinski definition) is 4. The van der Waals surface area contributed by atoms with Gasteiger partial charge < -0.3 is 14.4 Å². The Morgan fingerprint density at radius 2 is 1.84 bits per heavy atom. The summed E-state index contributed by atoms with van der Waals surface area (Å²) in [6.07, 6.45) is 6.89. The van der Waals surface area contributed by atoms with E-state index in [4.69, 9.17) is 21.1 Å². The van der Waals surface area contributed by atoms with Crippen molar-refractivity contribution in [3.63, 3.8) is 0 Å². The fourth-order valence-corrected chi connectivity index (χ4v) is 6.89. The summed E-state index contributed by atoms with van der Waals surface area (Å²) >= 11 is 6.06. The first-order valence-corrected chi connectivity index (χ1v) is 13.5. The smallest absolute Gasteiger partial charge is 0.410 e. The van der Waals surface area contributed by atoms with E-state index in [1.165, 1.54) is 6.42 Å². The van der Waals surface area contributed by atoms with Crippen LogP contribution in [0.2, 0.25) is 5.02 Å². The van der Waals surface area contributed by atoms with Crippen molar-refractivity contribution < 1.29 is 18.5 Å². The van der Waals surface area contributed by atoms with Gasteiger partial charge in [-0.3, -0.25) is 0 Å². The lowest BCUT2D eigenvalue weighted by molar-refractivity contribution is -0.0745. The van der Waals surface area contributed by atoms with Gasteiger partial charge in [-0.2, -0.15) is 0 Å². The lowest BCUT2D eigenvalue weighted by atomic mass is 9.95. The fraction of sp³-hybridized carbons (Fsp3) is 0.708. The Hall–Kier alpha value is -1.15. The number of piperidine rings is 1. The Balaban J connectivity index is 1.34. The molecule has 1 amide bonds. The van der Waals surface area contributed by atoms with Crippen LogP contribution in [0.25, 0.3) is 0 Å². The molecule has 3 atom stereocenters. The first-order valence-electron chi connectivity index (χ1n) is 12.0. The van der Waals surface area contributed by atoms with E-state index in [-0.39, 0.29) is 18.2 Å². The van der Waals surface area contributed by atoms with Crippen LogP contribution in [0.1, 0.15) is 51.9 Å². The van der Waals surface area contributed by atoms with Gasteiger partial charge in [0.05, 0.1) is 24.2 Å². The van der Waals surface area contributed by atoms with Gasteiger partial charge in [0, 0.05) is 24.2 Å². The molecular weight excluding hydrogens is 448 g/mol. The zero-order chi connectivity index (χ0) is 22.3. The normalized spacial score (nSPS) is 29.5. The Labute approximate surface area is 198 Å². The third-order valence-electron chi connectivity index (χ3n) is 7.66. The van der Waals surface area contributed by atoms with E-state index in [1.807, 2.05) is 17.0 Å². The molecule has 2 saturated carbocycles. The first kappa shape index (κ1) is 22.6. The maximum absolute atomic E-state index is 13.8. The van der Waals surface area contributed by atoms with E-state index in [9.17, 15) is 9.00 Å². The van der Waals surface area contributed by atoms with Crippen molar-refractivity contribution in [3.8, 4) is 0 Å². The predicted octanol–water partition coefficient (Wildman–Crippen LogP) is 4.63. The van der Waals surface area contributed by atoms with Crippen LogP contribution >= 0.6 is 11.6 Å². The molecule has 4 aliphatic rings. The van der Waals surface area contributed by atoms with Crippen molar-refractivity contribution in [2.75, 3.05) is 26.3 Å². The molecule has 0 radical (unpaired) electrons. The summed E-state index contributed by atoms with van der Waals surface area (Å²) in [7, 11) is -1.36. The van der Waals surface area contributed by atoms with E-state index in [1.54, 1.807) is 12.1 Å². The van der Waals surface area contributed by atoms with Gasteiger partial charge in [0.25, 0.3) is 0 Å². The molecule has 1 aromatic carbocycles. The second-order valence-corrected chi connectivity index (χ2v) is 11.6. The Morgan fingerprint density at radius 1 is 1.16 bits per heavy atom. The standard InChI is InChI=1S/C24H33ClN2O4S/c1-2-17-9-13-26(14-10-17)23(28)31-24(11-12-24)22-16-30-15-21(18-3-4-18)27(22)32(29)20-7-5-19(25)6-8-20/h5-8,17-18,21-22H,2-4,9-16H2,1H3. The highest BCUT2D eigenvalue weighted by molar-refractivity contribution is 7.82. The summed E-state index contributed by atoms with van der Waals surface area (Å²) in [6, 6.07) is 7.11. The minimum absolute atomic E-state index is 0.0849. The number of amides is 1. The van der Waals surface area contributed by atoms with Crippen LogP contribution in [0.4, 0.5) is 4.79 Å². The lowest BCUT2D eigenvalue weighted by Gasteiger charge is -2.44. The van der Waals surface area contributed by atoms with Gasteiger partial charge in [-0.1, -0.05) is 24.9 Å². The second kappa shape index (κ2) is 9.24. The molecule has 5 rings (SSSR count). The minimum Gasteiger partial charge on any atom is -0.441 e. The average molecular weight is 481 g/mol. The third-order valence-corrected chi connectivity index (χ3v) is 9.50. The number of halogens is 1. The van der Waals surface area contributed by atoms with Crippen LogP contribution in [0.3, 0.4) is 0 Å². The van der Waals surface area contributed by atoms with Crippen molar-refractivity contribution >= 4 is 28.7 Å². The van der Waals surface area contributed by atoms with Gasteiger partial charge in [0.2, 0.25) is 0 Å². The fourth-order valence-electron chi connectivity index (χ4n) is 5.19. The minimum atomic E-state index is -1.36. The number of likely N-dealkylation sites (tertiary alicyclic amines) is 1. The summed E-state index contributed by atoms with van der Waals surface area (Å²) in [5, 5.41) is 0.627. The first-order chi connectivity index (χ1) is 15.5. The molecule has 176 valence electrons. The van der Waals surface area contributed by atoms with Crippen LogP contribution in [0, 0.1) is 11.8 Å². The van der Waals surface area contributed by atoms with E-state index < -0.39 is 16.6 Å². The van der Waals surface area contributed by atoms with E-state index in [2.05, 4.69) is 11.2 Å². The summed E-state index contributed by atoms with van der Waals surface area (Å²) in [4.78, 5) is 15.6. The maximum atomic E-state index is 13.8. The van der Waals surface area contributed by atoms with Gasteiger partial charge in [0.15, 0.2) is 0 Å². The molecule has 6 nitrogen and oxygen atoms in total. The van der Waals surface area contributed by atoms with Crippen LogP contribution < -0.4 is 0 Å². The lowest BCUT2D eigenvalue weighted by Crippen LogP contribution is -2.60. The molecule has 4 fully saturated rings. The molecule has 32 heavy (non-hydrogen) atoms. The highest BCUT2D eigenvalue weighted by Gasteiger charge is 2.60. The zero-order valence-corrected chi connectivity index (χ0v) is 20.3. The zero-order valence-electron chi connectivity index (χ0n) is 18.7. The molecule has 1 aromatic rings.